The van der Waals surface area contributed by atoms with Gasteiger partial charge in [-0.25, -0.2) is 4.98 Å². The monoisotopic (exact) mass is 315 g/mol. The normalized spacial score (nSPS) is 19.9. The van der Waals surface area contributed by atoms with E-state index < -0.39 is 0 Å². The van der Waals surface area contributed by atoms with Crippen LogP contribution >= 0.6 is 15.9 Å². The zero-order chi connectivity index (χ0) is 12.8. The highest BCUT2D eigenvalue weighted by molar-refractivity contribution is 9.09. The second-order valence-electron chi connectivity index (χ2n) is 4.14. The lowest BCUT2D eigenvalue weighted by Crippen LogP contribution is -2.44. The van der Waals surface area contributed by atoms with Crippen molar-refractivity contribution in [3.63, 3.8) is 0 Å². The lowest BCUT2D eigenvalue weighted by atomic mass is 10.3. The van der Waals surface area contributed by atoms with Crippen molar-refractivity contribution < 1.29 is 9.47 Å². The summed E-state index contributed by atoms with van der Waals surface area (Å²) in [6, 6.07) is 1.79. The van der Waals surface area contributed by atoms with E-state index in [4.69, 9.17) is 9.47 Å². The molecule has 2 heterocycles. The van der Waals surface area contributed by atoms with E-state index >= 15 is 0 Å². The maximum absolute atomic E-state index is 5.60. The van der Waals surface area contributed by atoms with E-state index in [-0.39, 0.29) is 6.10 Å². The molecule has 1 aliphatic heterocycles. The van der Waals surface area contributed by atoms with Gasteiger partial charge in [0.05, 0.1) is 19.3 Å². The lowest BCUT2D eigenvalue weighted by Gasteiger charge is -2.32. The fourth-order valence-electron chi connectivity index (χ4n) is 1.77. The quantitative estimate of drug-likeness (QED) is 0.776. The second kappa shape index (κ2) is 6.89. The van der Waals surface area contributed by atoms with Crippen LogP contribution in [0.25, 0.3) is 0 Å². The number of morpholine rings is 1. The molecule has 5 nitrogen and oxygen atoms in total. The summed E-state index contributed by atoms with van der Waals surface area (Å²) in [4.78, 5) is 10.9. The first-order chi connectivity index (χ1) is 8.83. The number of alkyl halides is 1. The zero-order valence-corrected chi connectivity index (χ0v) is 12.1. The first kappa shape index (κ1) is 13.5. The summed E-state index contributed by atoms with van der Waals surface area (Å²) >= 11 is 3.44. The molecule has 1 aromatic heterocycles. The predicted octanol–water partition coefficient (Wildman–Crippen LogP) is 1.87. The van der Waals surface area contributed by atoms with E-state index in [1.165, 1.54) is 0 Å². The third-order valence-electron chi connectivity index (χ3n) is 2.67. The van der Waals surface area contributed by atoms with Crippen LogP contribution in [0.1, 0.15) is 13.3 Å². The number of hydrogen-bond donors (Lipinski definition) is 0. The minimum absolute atomic E-state index is 0.197. The summed E-state index contributed by atoms with van der Waals surface area (Å²) in [5, 5.41) is 0.829. The molecule has 1 aromatic rings. The predicted molar refractivity (Wildman–Crippen MR) is 73.6 cm³/mol. The van der Waals surface area contributed by atoms with Crippen LogP contribution < -0.4 is 9.64 Å². The van der Waals surface area contributed by atoms with Crippen LogP contribution in [0, 0.1) is 0 Å². The molecule has 2 rings (SSSR count). The van der Waals surface area contributed by atoms with E-state index in [1.807, 2.05) is 0 Å². The van der Waals surface area contributed by atoms with Crippen LogP contribution in [0.5, 0.6) is 5.88 Å². The number of ether oxygens (including phenoxy) is 2. The highest BCUT2D eigenvalue weighted by atomic mass is 79.9. The van der Waals surface area contributed by atoms with Gasteiger partial charge in [-0.1, -0.05) is 22.9 Å². The van der Waals surface area contributed by atoms with Crippen LogP contribution in [0.2, 0.25) is 0 Å². The topological polar surface area (TPSA) is 47.5 Å². The van der Waals surface area contributed by atoms with E-state index in [1.54, 1.807) is 12.3 Å². The Bertz CT molecular complexity index is 378. The van der Waals surface area contributed by atoms with Crippen LogP contribution in [0.15, 0.2) is 12.3 Å². The van der Waals surface area contributed by atoms with Crippen molar-refractivity contribution in [3.8, 4) is 5.88 Å². The number of anilines is 1. The van der Waals surface area contributed by atoms with E-state index in [0.29, 0.717) is 19.1 Å². The third kappa shape index (κ3) is 3.55. The Morgan fingerprint density at radius 1 is 1.61 bits per heavy atom. The fraction of sp³-hybridized carbons (Fsp3) is 0.667. The first-order valence-corrected chi connectivity index (χ1v) is 7.34. The van der Waals surface area contributed by atoms with E-state index in [0.717, 1.165) is 30.8 Å². The molecule has 0 spiro atoms. The van der Waals surface area contributed by atoms with Crippen LogP contribution in [0.3, 0.4) is 0 Å². The molecule has 0 N–H and O–H groups in total. The summed E-state index contributed by atoms with van der Waals surface area (Å²) in [7, 11) is 0. The molecule has 6 heteroatoms. The molecule has 0 amide bonds. The molecule has 0 bridgehead atoms. The van der Waals surface area contributed by atoms with Crippen molar-refractivity contribution >= 4 is 21.9 Å². The summed E-state index contributed by atoms with van der Waals surface area (Å²) in [5.41, 5.74) is 0. The Kier molecular flexibility index (Phi) is 5.19. The average molecular weight is 316 g/mol. The van der Waals surface area contributed by atoms with Gasteiger partial charge in [-0.3, -0.25) is 0 Å². The molecule has 1 fully saturated rings. The van der Waals surface area contributed by atoms with Crippen molar-refractivity contribution in [2.75, 3.05) is 36.5 Å². The second-order valence-corrected chi connectivity index (χ2v) is 4.78. The minimum Gasteiger partial charge on any atom is -0.478 e. The lowest BCUT2D eigenvalue weighted by molar-refractivity contribution is 0.0564. The zero-order valence-electron chi connectivity index (χ0n) is 10.5. The molecule has 0 radical (unpaired) electrons. The Morgan fingerprint density at radius 3 is 3.28 bits per heavy atom. The Hall–Kier alpha value is -0.880. The largest absolute Gasteiger partial charge is 0.478 e. The smallest absolute Gasteiger partial charge is 0.228 e. The fourth-order valence-corrected chi connectivity index (χ4v) is 2.16. The molecule has 1 atom stereocenters. The minimum atomic E-state index is 0.197. The van der Waals surface area contributed by atoms with Crippen molar-refractivity contribution in [2.45, 2.75) is 19.4 Å². The van der Waals surface area contributed by atoms with Gasteiger partial charge >= 0.3 is 0 Å². The number of hydrogen-bond acceptors (Lipinski definition) is 5. The molecule has 1 saturated heterocycles. The molecule has 0 saturated carbocycles. The molecular weight excluding hydrogens is 298 g/mol. The van der Waals surface area contributed by atoms with Gasteiger partial charge in [0, 0.05) is 30.7 Å². The Labute approximate surface area is 116 Å². The molecular formula is C12H18BrN3O2. The molecule has 1 unspecified atom stereocenters. The van der Waals surface area contributed by atoms with Crippen LogP contribution in [0.4, 0.5) is 5.95 Å². The van der Waals surface area contributed by atoms with Gasteiger partial charge in [0.1, 0.15) is 0 Å². The summed E-state index contributed by atoms with van der Waals surface area (Å²) < 4.78 is 11.1. The number of nitrogens with zero attached hydrogens (tertiary/aromatic N) is 3. The van der Waals surface area contributed by atoms with E-state index in [9.17, 15) is 0 Å². The average Bonchev–Trinajstić information content (AvgIpc) is 2.45. The summed E-state index contributed by atoms with van der Waals surface area (Å²) in [6.45, 7) is 5.09. The SMILES string of the molecule is CCCOc1ccnc(N2CCOC(CBr)C2)n1. The number of halogens is 1. The van der Waals surface area contributed by atoms with Crippen LogP contribution in [-0.4, -0.2) is 47.7 Å². The first-order valence-electron chi connectivity index (χ1n) is 6.22. The summed E-state index contributed by atoms with van der Waals surface area (Å²) in [5.74, 6) is 1.36. The van der Waals surface area contributed by atoms with Crippen molar-refractivity contribution in [3.05, 3.63) is 12.3 Å². The summed E-state index contributed by atoms with van der Waals surface area (Å²) in [6.07, 6.45) is 2.91. The highest BCUT2D eigenvalue weighted by Crippen LogP contribution is 2.16. The molecule has 0 aromatic carbocycles. The standard InChI is InChI=1S/C12H18BrN3O2/c1-2-6-18-11-3-4-14-12(15-11)16-5-7-17-10(8-13)9-16/h3-4,10H,2,5-9H2,1H3. The van der Waals surface area contributed by atoms with Gasteiger partial charge < -0.3 is 14.4 Å². The van der Waals surface area contributed by atoms with Crippen molar-refractivity contribution in [1.29, 1.82) is 0 Å². The Balaban J connectivity index is 2.02. The van der Waals surface area contributed by atoms with Gasteiger partial charge in [-0.05, 0) is 6.42 Å². The van der Waals surface area contributed by atoms with Gasteiger partial charge in [-0.2, -0.15) is 4.98 Å². The molecule has 18 heavy (non-hydrogen) atoms. The van der Waals surface area contributed by atoms with Gasteiger partial charge in [-0.15, -0.1) is 0 Å². The van der Waals surface area contributed by atoms with Gasteiger partial charge in [0.2, 0.25) is 11.8 Å². The molecule has 100 valence electrons. The number of rotatable bonds is 5. The van der Waals surface area contributed by atoms with Gasteiger partial charge in [0.15, 0.2) is 0 Å². The highest BCUT2D eigenvalue weighted by Gasteiger charge is 2.21. The maximum Gasteiger partial charge on any atom is 0.228 e. The van der Waals surface area contributed by atoms with Gasteiger partial charge in [0.25, 0.3) is 0 Å². The Morgan fingerprint density at radius 2 is 2.50 bits per heavy atom. The van der Waals surface area contributed by atoms with Crippen molar-refractivity contribution in [1.82, 2.24) is 9.97 Å². The maximum atomic E-state index is 5.60. The van der Waals surface area contributed by atoms with Crippen molar-refractivity contribution in [2.24, 2.45) is 0 Å². The molecule has 1 aliphatic rings. The third-order valence-corrected chi connectivity index (χ3v) is 3.39. The van der Waals surface area contributed by atoms with Crippen LogP contribution in [-0.2, 0) is 4.74 Å². The van der Waals surface area contributed by atoms with E-state index in [2.05, 4.69) is 37.7 Å². The number of aromatic nitrogens is 2. The molecule has 0 aliphatic carbocycles.